The molecular formula is C26H28F6N6O4. The van der Waals surface area contributed by atoms with Crippen LogP contribution in [0.15, 0.2) is 30.3 Å². The zero-order valence-corrected chi connectivity index (χ0v) is 22.2. The van der Waals surface area contributed by atoms with Crippen molar-refractivity contribution >= 4 is 29.4 Å². The Hall–Kier alpha value is -4.11. The van der Waals surface area contributed by atoms with Gasteiger partial charge in [-0.3, -0.25) is 9.59 Å². The van der Waals surface area contributed by atoms with Gasteiger partial charge in [-0.2, -0.15) is 26.3 Å². The topological polar surface area (TPSA) is 119 Å². The van der Waals surface area contributed by atoms with Crippen LogP contribution in [0.5, 0.6) is 0 Å². The second kappa shape index (κ2) is 12.4. The van der Waals surface area contributed by atoms with Crippen LogP contribution in [0.3, 0.4) is 0 Å². The number of carboxylic acids is 1. The quantitative estimate of drug-likeness (QED) is 0.383. The Morgan fingerprint density at radius 3 is 2.07 bits per heavy atom. The van der Waals surface area contributed by atoms with Crippen molar-refractivity contribution in [1.82, 2.24) is 20.2 Å². The standard InChI is InChI=1S/C26H28F6N6O4/c27-25(28,29)18-5-3-16(4-6-18)7-8-33-21(39)17-2-1-9-38(15-17)20-14-19(34-24(35-20)26(30,31)32)36-10-12-37(13-11-36)22(40)23(41)42/h3-6,14,17H,1-2,7-13,15H2,(H,33,39)(H,41,42). The van der Waals surface area contributed by atoms with E-state index in [0.717, 1.165) is 17.0 Å². The summed E-state index contributed by atoms with van der Waals surface area (Å²) >= 11 is 0. The lowest BCUT2D eigenvalue weighted by Crippen LogP contribution is -2.51. The maximum Gasteiger partial charge on any atom is 0.451 e. The minimum Gasteiger partial charge on any atom is -0.474 e. The number of rotatable bonds is 6. The number of carboxylic acid groups (broad SMARTS) is 1. The predicted molar refractivity (Wildman–Crippen MR) is 137 cm³/mol. The van der Waals surface area contributed by atoms with E-state index in [-0.39, 0.29) is 56.8 Å². The molecule has 228 valence electrons. The Kier molecular flexibility index (Phi) is 9.11. The number of hydrogen-bond donors (Lipinski definition) is 2. The fraction of sp³-hybridized carbons (Fsp3) is 0.500. The number of piperidine rings is 1. The molecule has 0 bridgehead atoms. The number of aliphatic carboxylic acids is 1. The molecule has 2 amide bonds. The van der Waals surface area contributed by atoms with Crippen LogP contribution in [0.4, 0.5) is 38.0 Å². The van der Waals surface area contributed by atoms with Gasteiger partial charge in [-0.05, 0) is 37.0 Å². The van der Waals surface area contributed by atoms with Gasteiger partial charge in [-0.15, -0.1) is 0 Å². The van der Waals surface area contributed by atoms with Crippen molar-refractivity contribution in [1.29, 1.82) is 0 Å². The summed E-state index contributed by atoms with van der Waals surface area (Å²) in [6, 6.07) is 6.00. The Morgan fingerprint density at radius 1 is 0.881 bits per heavy atom. The summed E-state index contributed by atoms with van der Waals surface area (Å²) in [7, 11) is 0. The first kappa shape index (κ1) is 30.8. The molecule has 2 N–H and O–H groups in total. The number of hydrogen-bond acceptors (Lipinski definition) is 7. The lowest BCUT2D eigenvalue weighted by Gasteiger charge is -2.36. The van der Waals surface area contributed by atoms with Crippen LogP contribution in [0.1, 0.15) is 29.8 Å². The Labute approximate surface area is 236 Å². The first-order chi connectivity index (χ1) is 19.7. The van der Waals surface area contributed by atoms with Gasteiger partial charge >= 0.3 is 24.2 Å². The molecule has 0 saturated carbocycles. The summed E-state index contributed by atoms with van der Waals surface area (Å²) in [5, 5.41) is 11.7. The van der Waals surface area contributed by atoms with Gasteiger partial charge in [0.2, 0.25) is 11.7 Å². The van der Waals surface area contributed by atoms with Gasteiger partial charge in [-0.1, -0.05) is 12.1 Å². The van der Waals surface area contributed by atoms with E-state index in [9.17, 15) is 40.7 Å². The normalized spacial score (nSPS) is 18.1. The summed E-state index contributed by atoms with van der Waals surface area (Å²) in [5.74, 6) is -4.99. The van der Waals surface area contributed by atoms with Gasteiger partial charge in [-0.25, -0.2) is 14.8 Å². The number of anilines is 2. The van der Waals surface area contributed by atoms with Gasteiger partial charge < -0.3 is 25.1 Å². The zero-order valence-electron chi connectivity index (χ0n) is 22.2. The number of benzene rings is 1. The lowest BCUT2D eigenvalue weighted by molar-refractivity contribution is -0.156. The number of nitrogens with one attached hydrogen (secondary N) is 1. The van der Waals surface area contributed by atoms with Crippen LogP contribution in [0, 0.1) is 5.92 Å². The molecule has 4 rings (SSSR count). The summed E-state index contributed by atoms with van der Waals surface area (Å²) in [6.07, 6.45) is -7.99. The van der Waals surface area contributed by atoms with Crippen LogP contribution < -0.4 is 15.1 Å². The van der Waals surface area contributed by atoms with Crippen molar-refractivity contribution in [3.05, 3.63) is 47.3 Å². The molecule has 2 aromatic rings. The zero-order chi connectivity index (χ0) is 30.7. The highest BCUT2D eigenvalue weighted by molar-refractivity contribution is 6.31. The van der Waals surface area contributed by atoms with E-state index in [1.54, 1.807) is 4.90 Å². The predicted octanol–water partition coefficient (Wildman–Crippen LogP) is 2.82. The number of alkyl halides is 6. The molecule has 2 aliphatic rings. The van der Waals surface area contributed by atoms with Crippen molar-refractivity contribution in [2.24, 2.45) is 5.92 Å². The molecule has 2 fully saturated rings. The Balaban J connectivity index is 1.40. The smallest absolute Gasteiger partial charge is 0.451 e. The fourth-order valence-electron chi connectivity index (χ4n) is 4.88. The molecule has 1 atom stereocenters. The first-order valence-electron chi connectivity index (χ1n) is 13.1. The summed E-state index contributed by atoms with van der Waals surface area (Å²) in [5.41, 5.74) is -0.162. The number of halogens is 6. The van der Waals surface area contributed by atoms with Gasteiger partial charge in [0.1, 0.15) is 11.6 Å². The average molecular weight is 603 g/mol. The van der Waals surface area contributed by atoms with Crippen molar-refractivity contribution < 1.29 is 45.8 Å². The van der Waals surface area contributed by atoms with Crippen LogP contribution in [0.2, 0.25) is 0 Å². The molecule has 0 aliphatic carbocycles. The minimum absolute atomic E-state index is 0.00967. The first-order valence-corrected chi connectivity index (χ1v) is 13.1. The second-order valence-electron chi connectivity index (χ2n) is 10.0. The van der Waals surface area contributed by atoms with Crippen molar-refractivity contribution in [3.63, 3.8) is 0 Å². The number of carbonyl (C=O) groups excluding carboxylic acids is 2. The van der Waals surface area contributed by atoms with E-state index in [2.05, 4.69) is 15.3 Å². The third-order valence-corrected chi connectivity index (χ3v) is 7.14. The maximum atomic E-state index is 13.7. The summed E-state index contributed by atoms with van der Waals surface area (Å²) in [4.78, 5) is 47.1. The summed E-state index contributed by atoms with van der Waals surface area (Å²) in [6.45, 7) is 0.736. The van der Waals surface area contributed by atoms with E-state index in [4.69, 9.17) is 5.11 Å². The van der Waals surface area contributed by atoms with Crippen LogP contribution >= 0.6 is 0 Å². The van der Waals surface area contributed by atoms with E-state index in [0.29, 0.717) is 31.4 Å². The molecule has 2 saturated heterocycles. The molecule has 1 aromatic carbocycles. The van der Waals surface area contributed by atoms with Crippen molar-refractivity contribution in [2.75, 3.05) is 55.6 Å². The molecule has 10 nitrogen and oxygen atoms in total. The number of amides is 2. The molecule has 0 radical (unpaired) electrons. The molecular weight excluding hydrogens is 574 g/mol. The number of aromatic nitrogens is 2. The SMILES string of the molecule is O=C(O)C(=O)N1CCN(c2cc(N3CCCC(C(=O)NCCc4ccc(C(F)(F)F)cc4)C3)nc(C(F)(F)F)n2)CC1. The lowest BCUT2D eigenvalue weighted by atomic mass is 9.97. The molecule has 2 aliphatic heterocycles. The largest absolute Gasteiger partial charge is 0.474 e. The monoisotopic (exact) mass is 602 g/mol. The fourth-order valence-corrected chi connectivity index (χ4v) is 4.88. The third kappa shape index (κ3) is 7.59. The maximum absolute atomic E-state index is 13.7. The highest BCUT2D eigenvalue weighted by atomic mass is 19.4. The van der Waals surface area contributed by atoms with E-state index in [1.165, 1.54) is 23.1 Å². The molecule has 1 aromatic heterocycles. The molecule has 16 heteroatoms. The van der Waals surface area contributed by atoms with Crippen LogP contribution in [-0.4, -0.2) is 83.6 Å². The molecule has 42 heavy (non-hydrogen) atoms. The molecule has 1 unspecified atom stereocenters. The van der Waals surface area contributed by atoms with Crippen molar-refractivity contribution in [3.8, 4) is 0 Å². The van der Waals surface area contributed by atoms with E-state index < -0.39 is 41.5 Å². The van der Waals surface area contributed by atoms with Crippen LogP contribution in [0.25, 0.3) is 0 Å². The molecule has 3 heterocycles. The van der Waals surface area contributed by atoms with E-state index in [1.807, 2.05) is 0 Å². The van der Waals surface area contributed by atoms with Crippen LogP contribution in [-0.2, 0) is 33.2 Å². The van der Waals surface area contributed by atoms with E-state index >= 15 is 0 Å². The summed E-state index contributed by atoms with van der Waals surface area (Å²) < 4.78 is 79.3. The van der Waals surface area contributed by atoms with Gasteiger partial charge in [0.05, 0.1) is 11.5 Å². The average Bonchev–Trinajstić information content (AvgIpc) is 2.96. The number of nitrogens with zero attached hydrogens (tertiary/aromatic N) is 5. The van der Waals surface area contributed by atoms with Gasteiger partial charge in [0, 0.05) is 51.9 Å². The highest BCUT2D eigenvalue weighted by Gasteiger charge is 2.38. The van der Waals surface area contributed by atoms with Crippen molar-refractivity contribution in [2.45, 2.75) is 31.6 Å². The number of piperazine rings is 1. The number of carbonyl (C=O) groups is 3. The van der Waals surface area contributed by atoms with Gasteiger partial charge in [0.15, 0.2) is 0 Å². The Morgan fingerprint density at radius 2 is 1.50 bits per heavy atom. The van der Waals surface area contributed by atoms with Gasteiger partial charge in [0.25, 0.3) is 0 Å². The molecule has 0 spiro atoms. The third-order valence-electron chi connectivity index (χ3n) is 7.14. The Bertz CT molecular complexity index is 1300. The second-order valence-corrected chi connectivity index (χ2v) is 10.0. The highest BCUT2D eigenvalue weighted by Crippen LogP contribution is 2.32. The minimum atomic E-state index is -4.85.